The number of benzene rings is 1. The molecule has 1 N–H and O–H groups in total. The fraction of sp³-hybridized carbons (Fsp3) is 0.143. The van der Waals surface area contributed by atoms with Crippen molar-refractivity contribution in [2.75, 3.05) is 0 Å². The molecule has 0 saturated carbocycles. The van der Waals surface area contributed by atoms with E-state index in [1.54, 1.807) is 24.4 Å². The summed E-state index contributed by atoms with van der Waals surface area (Å²) in [5.74, 6) is -2.10. The van der Waals surface area contributed by atoms with Crippen molar-refractivity contribution in [2.45, 2.75) is 12.3 Å². The average Bonchev–Trinajstić information content (AvgIpc) is 2.39. The quantitative estimate of drug-likeness (QED) is 0.835. The van der Waals surface area contributed by atoms with E-state index in [2.05, 4.69) is 36.8 Å². The maximum Gasteiger partial charge on any atom is 0.312 e. The fourth-order valence-corrected chi connectivity index (χ4v) is 3.10. The summed E-state index contributed by atoms with van der Waals surface area (Å²) in [6.07, 6.45) is 1.81. The van der Waals surface area contributed by atoms with E-state index in [9.17, 15) is 14.3 Å². The van der Waals surface area contributed by atoms with Crippen molar-refractivity contribution in [3.63, 3.8) is 0 Å². The van der Waals surface area contributed by atoms with Crippen molar-refractivity contribution in [3.8, 4) is 0 Å². The lowest BCUT2D eigenvalue weighted by atomic mass is 9.96. The third-order valence-corrected chi connectivity index (χ3v) is 3.89. The topological polar surface area (TPSA) is 50.2 Å². The molecule has 2 rings (SSSR count). The third kappa shape index (κ3) is 3.64. The summed E-state index contributed by atoms with van der Waals surface area (Å²) in [6, 6.07) is 7.55. The molecule has 0 fully saturated rings. The monoisotopic (exact) mass is 401 g/mol. The molecule has 2 aromatic rings. The zero-order valence-corrected chi connectivity index (χ0v) is 13.4. The molecule has 0 aliphatic carbocycles. The Kier molecular flexibility index (Phi) is 4.88. The van der Waals surface area contributed by atoms with Gasteiger partial charge < -0.3 is 5.11 Å². The maximum atomic E-state index is 12.9. The van der Waals surface area contributed by atoms with Gasteiger partial charge in [0.1, 0.15) is 11.7 Å². The summed E-state index contributed by atoms with van der Waals surface area (Å²) in [7, 11) is 0. The zero-order chi connectivity index (χ0) is 14.7. The molecule has 1 atom stereocenters. The molecule has 0 amide bonds. The van der Waals surface area contributed by atoms with Crippen LogP contribution >= 0.6 is 31.9 Å². The smallest absolute Gasteiger partial charge is 0.312 e. The molecule has 0 spiro atoms. The number of hydrogen-bond donors (Lipinski definition) is 1. The Morgan fingerprint density at radius 2 is 1.95 bits per heavy atom. The molecule has 1 aromatic carbocycles. The number of halogens is 3. The van der Waals surface area contributed by atoms with Crippen LogP contribution < -0.4 is 0 Å². The first kappa shape index (κ1) is 15.1. The highest BCUT2D eigenvalue weighted by Crippen LogP contribution is 2.28. The second kappa shape index (κ2) is 6.45. The lowest BCUT2D eigenvalue weighted by Gasteiger charge is -2.14. The van der Waals surface area contributed by atoms with Crippen LogP contribution in [0.5, 0.6) is 0 Å². The number of nitrogens with zero attached hydrogens (tertiary/aromatic N) is 1. The van der Waals surface area contributed by atoms with Gasteiger partial charge in [0.25, 0.3) is 0 Å². The first-order chi connectivity index (χ1) is 9.47. The van der Waals surface area contributed by atoms with Gasteiger partial charge in [-0.25, -0.2) is 4.39 Å². The molecule has 1 unspecified atom stereocenters. The second-order valence-electron chi connectivity index (χ2n) is 4.24. The molecule has 0 aliphatic rings. The van der Waals surface area contributed by atoms with Crippen LogP contribution in [0.2, 0.25) is 0 Å². The minimum absolute atomic E-state index is 0.253. The minimum Gasteiger partial charge on any atom is -0.481 e. The molecule has 1 aromatic heterocycles. The molecular formula is C14H10Br2FNO2. The van der Waals surface area contributed by atoms with Gasteiger partial charge in [0, 0.05) is 15.1 Å². The number of pyridine rings is 1. The summed E-state index contributed by atoms with van der Waals surface area (Å²) in [5, 5.41) is 9.39. The molecule has 20 heavy (non-hydrogen) atoms. The van der Waals surface area contributed by atoms with E-state index in [-0.39, 0.29) is 12.2 Å². The van der Waals surface area contributed by atoms with Crippen molar-refractivity contribution in [1.82, 2.24) is 4.98 Å². The van der Waals surface area contributed by atoms with E-state index in [1.165, 1.54) is 12.1 Å². The summed E-state index contributed by atoms with van der Waals surface area (Å²) in [6.45, 7) is 0. The number of carboxylic acids is 1. The van der Waals surface area contributed by atoms with Gasteiger partial charge in [-0.3, -0.25) is 9.78 Å². The predicted octanol–water partition coefficient (Wildman–Crippen LogP) is 4.16. The van der Waals surface area contributed by atoms with E-state index in [0.717, 1.165) is 10.0 Å². The number of carboxylic acid groups (broad SMARTS) is 1. The Balaban J connectivity index is 2.31. The highest BCUT2D eigenvalue weighted by atomic mass is 79.9. The lowest BCUT2D eigenvalue weighted by Crippen LogP contribution is -2.16. The van der Waals surface area contributed by atoms with Crippen LogP contribution in [-0.4, -0.2) is 16.1 Å². The van der Waals surface area contributed by atoms with Crippen LogP contribution in [0.1, 0.15) is 17.2 Å². The number of aromatic nitrogens is 1. The number of carbonyl (C=O) groups is 1. The Hall–Kier alpha value is -1.27. The summed E-state index contributed by atoms with van der Waals surface area (Å²) in [4.78, 5) is 15.6. The number of aliphatic carboxylic acids is 1. The molecule has 0 saturated heterocycles. The van der Waals surface area contributed by atoms with E-state index >= 15 is 0 Å². The first-order valence-electron chi connectivity index (χ1n) is 5.75. The second-order valence-corrected chi connectivity index (χ2v) is 6.01. The molecule has 6 heteroatoms. The minimum atomic E-state index is -0.968. The molecule has 0 aliphatic heterocycles. The number of rotatable bonds is 4. The van der Waals surface area contributed by atoms with Crippen molar-refractivity contribution in [1.29, 1.82) is 0 Å². The highest BCUT2D eigenvalue weighted by Gasteiger charge is 2.24. The van der Waals surface area contributed by atoms with E-state index < -0.39 is 11.9 Å². The van der Waals surface area contributed by atoms with Crippen molar-refractivity contribution in [3.05, 3.63) is 62.5 Å². The van der Waals surface area contributed by atoms with Gasteiger partial charge in [-0.05, 0) is 62.0 Å². The van der Waals surface area contributed by atoms with Crippen molar-refractivity contribution in [2.24, 2.45) is 0 Å². The Bertz CT molecular complexity index is 632. The lowest BCUT2D eigenvalue weighted by molar-refractivity contribution is -0.138. The Morgan fingerprint density at radius 1 is 1.30 bits per heavy atom. The van der Waals surface area contributed by atoms with Crippen LogP contribution in [-0.2, 0) is 11.2 Å². The molecule has 0 bridgehead atoms. The van der Waals surface area contributed by atoms with Gasteiger partial charge in [0.2, 0.25) is 0 Å². The van der Waals surface area contributed by atoms with Crippen LogP contribution in [0, 0.1) is 5.82 Å². The highest BCUT2D eigenvalue weighted by molar-refractivity contribution is 9.11. The van der Waals surface area contributed by atoms with E-state index in [1.807, 2.05) is 0 Å². The zero-order valence-electron chi connectivity index (χ0n) is 10.2. The van der Waals surface area contributed by atoms with Gasteiger partial charge in [-0.15, -0.1) is 0 Å². The van der Waals surface area contributed by atoms with Gasteiger partial charge in [0.05, 0.1) is 5.69 Å². The van der Waals surface area contributed by atoms with Crippen LogP contribution in [0.25, 0.3) is 0 Å². The molecule has 104 valence electrons. The van der Waals surface area contributed by atoms with Crippen LogP contribution in [0.15, 0.2) is 45.5 Å². The van der Waals surface area contributed by atoms with Crippen LogP contribution in [0.4, 0.5) is 4.39 Å². The number of hydrogen-bond acceptors (Lipinski definition) is 2. The fourth-order valence-electron chi connectivity index (χ4n) is 1.84. The standard InChI is InChI=1S/C14H10Br2FNO2/c15-9-6-12(16)13(18-7-9)11(14(19)20)5-8-1-3-10(17)4-2-8/h1-4,6-7,11H,5H2,(H,19,20). The van der Waals surface area contributed by atoms with Crippen LogP contribution in [0.3, 0.4) is 0 Å². The van der Waals surface area contributed by atoms with Gasteiger partial charge in [-0.1, -0.05) is 12.1 Å². The average molecular weight is 403 g/mol. The SMILES string of the molecule is O=C(O)C(Cc1ccc(F)cc1)c1ncc(Br)cc1Br. The molecular weight excluding hydrogens is 393 g/mol. The largest absolute Gasteiger partial charge is 0.481 e. The van der Waals surface area contributed by atoms with Gasteiger partial charge in [-0.2, -0.15) is 0 Å². The maximum absolute atomic E-state index is 12.9. The summed E-state index contributed by atoms with van der Waals surface area (Å²) in [5.41, 5.74) is 1.19. The van der Waals surface area contributed by atoms with Crippen molar-refractivity contribution >= 4 is 37.8 Å². The Morgan fingerprint density at radius 3 is 2.50 bits per heavy atom. The summed E-state index contributed by atoms with van der Waals surface area (Å²) < 4.78 is 14.3. The van der Waals surface area contributed by atoms with Crippen molar-refractivity contribution < 1.29 is 14.3 Å². The molecule has 3 nitrogen and oxygen atoms in total. The molecule has 1 heterocycles. The van der Waals surface area contributed by atoms with E-state index in [4.69, 9.17) is 0 Å². The Labute approximate surface area is 132 Å². The van der Waals surface area contributed by atoms with Gasteiger partial charge in [0.15, 0.2) is 0 Å². The summed E-state index contributed by atoms with van der Waals surface area (Å²) >= 11 is 6.60. The van der Waals surface area contributed by atoms with Gasteiger partial charge >= 0.3 is 5.97 Å². The molecule has 0 radical (unpaired) electrons. The van der Waals surface area contributed by atoms with E-state index in [0.29, 0.717) is 10.2 Å². The first-order valence-corrected chi connectivity index (χ1v) is 7.34. The predicted molar refractivity (Wildman–Crippen MR) is 80.1 cm³/mol. The third-order valence-electron chi connectivity index (χ3n) is 2.82. The normalized spacial score (nSPS) is 12.2.